The molecule has 0 saturated heterocycles. The summed E-state index contributed by atoms with van der Waals surface area (Å²) in [4.78, 5) is 27.8. The number of methoxy groups -OCH3 is 1. The summed E-state index contributed by atoms with van der Waals surface area (Å²) in [6.07, 6.45) is 3.30. The van der Waals surface area contributed by atoms with Gasteiger partial charge in [0, 0.05) is 18.8 Å². The Bertz CT molecular complexity index is 812. The van der Waals surface area contributed by atoms with Crippen LogP contribution >= 0.6 is 11.8 Å². The molecule has 6 heteroatoms. The lowest BCUT2D eigenvalue weighted by Crippen LogP contribution is -2.50. The van der Waals surface area contributed by atoms with Crippen LogP contribution < -0.4 is 10.1 Å². The minimum Gasteiger partial charge on any atom is -0.497 e. The second-order valence-electron chi connectivity index (χ2n) is 7.73. The van der Waals surface area contributed by atoms with Gasteiger partial charge in [-0.15, -0.1) is 11.8 Å². The van der Waals surface area contributed by atoms with E-state index < -0.39 is 6.04 Å². The first kappa shape index (κ1) is 25.8. The van der Waals surface area contributed by atoms with Gasteiger partial charge >= 0.3 is 0 Å². The van der Waals surface area contributed by atoms with E-state index in [2.05, 4.69) is 24.4 Å². The number of amides is 2. The molecule has 1 atom stereocenters. The molecule has 0 aliphatic heterocycles. The van der Waals surface area contributed by atoms with E-state index in [-0.39, 0.29) is 11.8 Å². The number of nitrogens with zero attached hydrogens (tertiary/aromatic N) is 1. The summed E-state index contributed by atoms with van der Waals surface area (Å²) in [6.45, 7) is 5.25. The summed E-state index contributed by atoms with van der Waals surface area (Å²) in [6, 6.07) is 17.5. The summed E-state index contributed by atoms with van der Waals surface area (Å²) in [7, 11) is 1.65. The number of thioether (sulfide) groups is 1. The highest BCUT2D eigenvalue weighted by Gasteiger charge is 2.27. The second kappa shape index (κ2) is 14.6. The van der Waals surface area contributed by atoms with Gasteiger partial charge in [0.25, 0.3) is 0 Å². The fourth-order valence-electron chi connectivity index (χ4n) is 3.46. The van der Waals surface area contributed by atoms with Gasteiger partial charge in [0.05, 0.1) is 12.9 Å². The molecule has 0 saturated carbocycles. The average Bonchev–Trinajstić information content (AvgIpc) is 2.82. The van der Waals surface area contributed by atoms with Gasteiger partial charge in [0.1, 0.15) is 11.8 Å². The van der Waals surface area contributed by atoms with Crippen molar-refractivity contribution in [3.05, 3.63) is 65.7 Å². The summed E-state index contributed by atoms with van der Waals surface area (Å²) >= 11 is 1.58. The van der Waals surface area contributed by atoms with Gasteiger partial charge in [-0.05, 0) is 42.5 Å². The fraction of sp³-hybridized carbons (Fsp3) is 0.462. The summed E-state index contributed by atoms with van der Waals surface area (Å²) in [5.74, 6) is 1.86. The van der Waals surface area contributed by atoms with Gasteiger partial charge in [-0.25, -0.2) is 0 Å². The Morgan fingerprint density at radius 2 is 1.75 bits per heavy atom. The van der Waals surface area contributed by atoms with Crippen LogP contribution in [-0.2, 0) is 21.8 Å². The van der Waals surface area contributed by atoms with Crippen LogP contribution in [0.4, 0.5) is 0 Å². The van der Waals surface area contributed by atoms with Gasteiger partial charge in [-0.3, -0.25) is 9.59 Å². The van der Waals surface area contributed by atoms with E-state index in [0.29, 0.717) is 25.3 Å². The third-order valence-corrected chi connectivity index (χ3v) is 6.34. The van der Waals surface area contributed by atoms with Crippen LogP contribution in [0.15, 0.2) is 54.6 Å². The summed E-state index contributed by atoms with van der Waals surface area (Å²) < 4.78 is 5.20. The monoisotopic (exact) mass is 456 g/mol. The number of hydrogen-bond acceptors (Lipinski definition) is 4. The Balaban J connectivity index is 2.01. The summed E-state index contributed by atoms with van der Waals surface area (Å²) in [5, 5.41) is 3.01. The maximum absolute atomic E-state index is 13.2. The van der Waals surface area contributed by atoms with Gasteiger partial charge < -0.3 is 15.0 Å². The molecule has 5 nitrogen and oxygen atoms in total. The molecule has 2 amide bonds. The van der Waals surface area contributed by atoms with Crippen LogP contribution in [0.25, 0.3) is 0 Å². The van der Waals surface area contributed by atoms with Crippen LogP contribution in [-0.4, -0.2) is 48.7 Å². The molecular weight excluding hydrogens is 420 g/mol. The van der Waals surface area contributed by atoms with Crippen molar-refractivity contribution >= 4 is 23.6 Å². The minimum absolute atomic E-state index is 0.0111. The van der Waals surface area contributed by atoms with Crippen molar-refractivity contribution in [2.45, 2.75) is 51.3 Å². The quantitative estimate of drug-likeness (QED) is 0.419. The molecule has 1 N–H and O–H groups in total. The van der Waals surface area contributed by atoms with Crippen LogP contribution in [0.5, 0.6) is 5.75 Å². The molecule has 0 aliphatic carbocycles. The van der Waals surface area contributed by atoms with Crippen molar-refractivity contribution in [1.82, 2.24) is 10.2 Å². The molecule has 1 unspecified atom stereocenters. The third kappa shape index (κ3) is 8.58. The van der Waals surface area contributed by atoms with Crippen molar-refractivity contribution < 1.29 is 14.3 Å². The van der Waals surface area contributed by atoms with E-state index in [1.165, 1.54) is 0 Å². The molecule has 2 aromatic carbocycles. The molecule has 0 bridgehead atoms. The molecule has 0 radical (unpaired) electrons. The second-order valence-corrected chi connectivity index (χ2v) is 8.72. The number of carbonyl (C=O) groups excluding carboxylic acids is 2. The highest BCUT2D eigenvalue weighted by Crippen LogP contribution is 2.18. The van der Waals surface area contributed by atoms with Crippen LogP contribution in [0.1, 0.15) is 44.2 Å². The van der Waals surface area contributed by atoms with Crippen LogP contribution in [0, 0.1) is 0 Å². The molecule has 0 fully saturated rings. The first-order valence-corrected chi connectivity index (χ1v) is 12.6. The first-order chi connectivity index (χ1) is 15.6. The van der Waals surface area contributed by atoms with Crippen molar-refractivity contribution in [3.8, 4) is 5.75 Å². The SMILES string of the molecule is CCCCNC(=O)C(CC)N(CCc1ccccc1)C(=O)CSCc1ccc(OC)cc1. The van der Waals surface area contributed by atoms with E-state index in [0.717, 1.165) is 41.9 Å². The number of unbranched alkanes of at least 4 members (excludes halogenated alkanes) is 1. The van der Waals surface area contributed by atoms with Crippen LogP contribution in [0.3, 0.4) is 0 Å². The molecule has 32 heavy (non-hydrogen) atoms. The third-order valence-electron chi connectivity index (χ3n) is 5.35. The number of nitrogens with one attached hydrogen (secondary N) is 1. The highest BCUT2D eigenvalue weighted by molar-refractivity contribution is 7.99. The first-order valence-electron chi connectivity index (χ1n) is 11.4. The molecule has 0 aliphatic rings. The smallest absolute Gasteiger partial charge is 0.242 e. The minimum atomic E-state index is -0.440. The zero-order valence-corrected chi connectivity index (χ0v) is 20.3. The zero-order chi connectivity index (χ0) is 23.2. The standard InChI is InChI=1S/C26H36N2O3S/c1-4-6-17-27-26(30)24(5-2)28(18-16-21-10-8-7-9-11-21)25(29)20-32-19-22-12-14-23(31-3)15-13-22/h7-15,24H,4-6,16-20H2,1-3H3,(H,27,30). The van der Waals surface area contributed by atoms with Gasteiger partial charge in [0.2, 0.25) is 11.8 Å². The molecule has 2 aromatic rings. The zero-order valence-electron chi connectivity index (χ0n) is 19.5. The number of ether oxygens (including phenoxy) is 1. The van der Waals surface area contributed by atoms with E-state index in [1.807, 2.05) is 49.4 Å². The molecule has 174 valence electrons. The predicted molar refractivity (Wildman–Crippen MR) is 133 cm³/mol. The number of benzene rings is 2. The topological polar surface area (TPSA) is 58.6 Å². The Labute approximate surface area is 196 Å². The van der Waals surface area contributed by atoms with Crippen molar-refractivity contribution in [2.24, 2.45) is 0 Å². The lowest BCUT2D eigenvalue weighted by Gasteiger charge is -2.30. The van der Waals surface area contributed by atoms with Crippen LogP contribution in [0.2, 0.25) is 0 Å². The van der Waals surface area contributed by atoms with Gasteiger partial charge in [0.15, 0.2) is 0 Å². The number of carbonyl (C=O) groups is 2. The summed E-state index contributed by atoms with van der Waals surface area (Å²) in [5.41, 5.74) is 2.31. The largest absolute Gasteiger partial charge is 0.497 e. The molecular formula is C26H36N2O3S. The Morgan fingerprint density at radius 3 is 2.38 bits per heavy atom. The highest BCUT2D eigenvalue weighted by atomic mass is 32.2. The number of hydrogen-bond donors (Lipinski definition) is 1. The van der Waals surface area contributed by atoms with Gasteiger partial charge in [-0.1, -0.05) is 62.7 Å². The molecule has 2 rings (SSSR count). The predicted octanol–water partition coefficient (Wildman–Crippen LogP) is 4.69. The Hall–Kier alpha value is -2.47. The number of rotatable bonds is 14. The van der Waals surface area contributed by atoms with E-state index >= 15 is 0 Å². The normalized spacial score (nSPS) is 11.6. The van der Waals surface area contributed by atoms with Crippen molar-refractivity contribution in [2.75, 3.05) is 26.0 Å². The van der Waals surface area contributed by atoms with E-state index in [4.69, 9.17) is 4.74 Å². The average molecular weight is 457 g/mol. The van der Waals surface area contributed by atoms with E-state index in [9.17, 15) is 9.59 Å². The Kier molecular flexibility index (Phi) is 11.7. The van der Waals surface area contributed by atoms with Gasteiger partial charge in [-0.2, -0.15) is 0 Å². The molecule has 0 aromatic heterocycles. The molecule has 0 spiro atoms. The maximum atomic E-state index is 13.2. The maximum Gasteiger partial charge on any atom is 0.242 e. The van der Waals surface area contributed by atoms with E-state index in [1.54, 1.807) is 23.8 Å². The van der Waals surface area contributed by atoms with Crippen molar-refractivity contribution in [1.29, 1.82) is 0 Å². The lowest BCUT2D eigenvalue weighted by atomic mass is 10.1. The fourth-order valence-corrected chi connectivity index (χ4v) is 4.33. The Morgan fingerprint density at radius 1 is 1.03 bits per heavy atom. The lowest BCUT2D eigenvalue weighted by molar-refractivity contribution is -0.138. The molecule has 0 heterocycles. The van der Waals surface area contributed by atoms with Crippen molar-refractivity contribution in [3.63, 3.8) is 0 Å².